The van der Waals surface area contributed by atoms with Gasteiger partial charge in [0.1, 0.15) is 0 Å². The molecule has 3 nitrogen and oxygen atoms in total. The Bertz CT molecular complexity index is 209. The van der Waals surface area contributed by atoms with Crippen molar-refractivity contribution in [2.45, 2.75) is 31.8 Å². The first kappa shape index (κ1) is 9.44. The SMILES string of the molecule is CC(C)(C)N1C[C@@H]2[C@H](C1)C2(N)CO. The van der Waals surface area contributed by atoms with Gasteiger partial charge < -0.3 is 10.8 Å². The van der Waals surface area contributed by atoms with Gasteiger partial charge in [-0.15, -0.1) is 0 Å². The van der Waals surface area contributed by atoms with Crippen LogP contribution in [0.2, 0.25) is 0 Å². The third-order valence-corrected chi connectivity index (χ3v) is 3.81. The minimum Gasteiger partial charge on any atom is -0.394 e. The quantitative estimate of drug-likeness (QED) is 0.605. The molecule has 1 saturated carbocycles. The summed E-state index contributed by atoms with van der Waals surface area (Å²) < 4.78 is 0. The summed E-state index contributed by atoms with van der Waals surface area (Å²) in [5.74, 6) is 1.08. The molecule has 3 atom stereocenters. The highest BCUT2D eigenvalue weighted by atomic mass is 16.3. The van der Waals surface area contributed by atoms with Crippen LogP contribution in [0.1, 0.15) is 20.8 Å². The second kappa shape index (κ2) is 2.47. The number of rotatable bonds is 1. The second-order valence-electron chi connectivity index (χ2n) is 5.56. The Morgan fingerprint density at radius 3 is 2.15 bits per heavy atom. The fraction of sp³-hybridized carbons (Fsp3) is 1.00. The van der Waals surface area contributed by atoms with Gasteiger partial charge in [0.2, 0.25) is 0 Å². The Kier molecular flexibility index (Phi) is 1.79. The molecule has 76 valence electrons. The van der Waals surface area contributed by atoms with Crippen molar-refractivity contribution in [2.24, 2.45) is 17.6 Å². The van der Waals surface area contributed by atoms with Crippen molar-refractivity contribution in [3.05, 3.63) is 0 Å². The molecule has 0 bridgehead atoms. The fourth-order valence-electron chi connectivity index (χ4n) is 2.56. The van der Waals surface area contributed by atoms with Crippen molar-refractivity contribution in [1.82, 2.24) is 4.90 Å². The fourth-order valence-corrected chi connectivity index (χ4v) is 2.56. The van der Waals surface area contributed by atoms with Gasteiger partial charge in [-0.25, -0.2) is 0 Å². The van der Waals surface area contributed by atoms with Gasteiger partial charge in [-0.1, -0.05) is 0 Å². The number of aliphatic hydroxyl groups excluding tert-OH is 1. The minimum absolute atomic E-state index is 0.153. The van der Waals surface area contributed by atoms with Crippen LogP contribution in [0.25, 0.3) is 0 Å². The van der Waals surface area contributed by atoms with Crippen LogP contribution in [0.15, 0.2) is 0 Å². The lowest BCUT2D eigenvalue weighted by Crippen LogP contribution is -2.47. The van der Waals surface area contributed by atoms with E-state index in [1.165, 1.54) is 0 Å². The summed E-state index contributed by atoms with van der Waals surface area (Å²) in [6, 6.07) is 0. The van der Waals surface area contributed by atoms with Gasteiger partial charge >= 0.3 is 0 Å². The molecule has 1 unspecified atom stereocenters. The number of likely N-dealkylation sites (tertiary alicyclic amines) is 1. The van der Waals surface area contributed by atoms with Crippen LogP contribution in [0.4, 0.5) is 0 Å². The summed E-state index contributed by atoms with van der Waals surface area (Å²) in [4.78, 5) is 2.46. The van der Waals surface area contributed by atoms with E-state index < -0.39 is 0 Å². The van der Waals surface area contributed by atoms with Crippen LogP contribution in [-0.2, 0) is 0 Å². The number of nitrogens with zero attached hydrogens (tertiary/aromatic N) is 1. The maximum atomic E-state index is 9.12. The summed E-state index contributed by atoms with van der Waals surface area (Å²) in [7, 11) is 0. The first-order valence-electron chi connectivity index (χ1n) is 5.04. The van der Waals surface area contributed by atoms with Crippen molar-refractivity contribution >= 4 is 0 Å². The zero-order valence-corrected chi connectivity index (χ0v) is 8.75. The molecule has 0 aromatic rings. The zero-order valence-electron chi connectivity index (χ0n) is 8.75. The Morgan fingerprint density at radius 1 is 1.38 bits per heavy atom. The lowest BCUT2D eigenvalue weighted by Gasteiger charge is -2.34. The van der Waals surface area contributed by atoms with E-state index >= 15 is 0 Å². The van der Waals surface area contributed by atoms with Crippen LogP contribution >= 0.6 is 0 Å². The molecule has 0 aromatic carbocycles. The van der Waals surface area contributed by atoms with Crippen molar-refractivity contribution in [1.29, 1.82) is 0 Å². The van der Waals surface area contributed by atoms with Gasteiger partial charge in [-0.05, 0) is 32.6 Å². The number of fused-ring (bicyclic) bond motifs is 1. The molecule has 3 heteroatoms. The monoisotopic (exact) mass is 184 g/mol. The molecular formula is C10H20N2O. The lowest BCUT2D eigenvalue weighted by atomic mass is 10.0. The smallest absolute Gasteiger partial charge is 0.0617 e. The van der Waals surface area contributed by atoms with Gasteiger partial charge in [0.15, 0.2) is 0 Å². The lowest BCUT2D eigenvalue weighted by molar-refractivity contribution is 0.127. The number of hydrogen-bond acceptors (Lipinski definition) is 3. The standard InChI is InChI=1S/C10H20N2O/c1-9(2,3)12-4-7-8(5-12)10(7,11)6-13/h7-8,13H,4-6,11H2,1-3H3/t7-,8+,10?. The molecule has 3 N–H and O–H groups in total. The van der Waals surface area contributed by atoms with E-state index in [-0.39, 0.29) is 17.7 Å². The van der Waals surface area contributed by atoms with E-state index in [2.05, 4.69) is 25.7 Å². The third kappa shape index (κ3) is 1.22. The van der Waals surface area contributed by atoms with Crippen LogP contribution in [0.3, 0.4) is 0 Å². The van der Waals surface area contributed by atoms with Crippen LogP contribution in [0, 0.1) is 11.8 Å². The van der Waals surface area contributed by atoms with Crippen LogP contribution < -0.4 is 5.73 Å². The van der Waals surface area contributed by atoms with E-state index in [4.69, 9.17) is 10.8 Å². The molecule has 0 amide bonds. The van der Waals surface area contributed by atoms with Crippen molar-refractivity contribution in [2.75, 3.05) is 19.7 Å². The molecule has 2 fully saturated rings. The summed E-state index contributed by atoms with van der Waals surface area (Å²) in [5.41, 5.74) is 6.04. The van der Waals surface area contributed by atoms with Crippen LogP contribution in [-0.4, -0.2) is 40.8 Å². The van der Waals surface area contributed by atoms with E-state index in [0.29, 0.717) is 11.8 Å². The minimum atomic E-state index is -0.234. The highest BCUT2D eigenvalue weighted by Crippen LogP contribution is 2.54. The Labute approximate surface area is 79.9 Å². The van der Waals surface area contributed by atoms with Crippen molar-refractivity contribution in [3.63, 3.8) is 0 Å². The number of nitrogens with two attached hydrogens (primary N) is 1. The van der Waals surface area contributed by atoms with Gasteiger partial charge in [0.05, 0.1) is 6.61 Å². The van der Waals surface area contributed by atoms with Gasteiger partial charge in [-0.2, -0.15) is 0 Å². The van der Waals surface area contributed by atoms with E-state index in [1.807, 2.05) is 0 Å². The number of hydrogen-bond donors (Lipinski definition) is 2. The molecule has 13 heavy (non-hydrogen) atoms. The summed E-state index contributed by atoms with van der Waals surface area (Å²) >= 11 is 0. The van der Waals surface area contributed by atoms with E-state index in [1.54, 1.807) is 0 Å². The van der Waals surface area contributed by atoms with Gasteiger partial charge in [-0.3, -0.25) is 4.90 Å². The Hall–Kier alpha value is -0.120. The van der Waals surface area contributed by atoms with E-state index in [9.17, 15) is 0 Å². The van der Waals surface area contributed by atoms with Crippen LogP contribution in [0.5, 0.6) is 0 Å². The maximum Gasteiger partial charge on any atom is 0.0617 e. The first-order chi connectivity index (χ1) is 5.89. The molecule has 2 rings (SSSR count). The topological polar surface area (TPSA) is 49.5 Å². The average Bonchev–Trinajstić information content (AvgIpc) is 2.50. The molecule has 2 aliphatic rings. The summed E-state index contributed by atoms with van der Waals surface area (Å²) in [6.07, 6.45) is 0. The third-order valence-electron chi connectivity index (χ3n) is 3.81. The molecule has 1 heterocycles. The first-order valence-corrected chi connectivity index (χ1v) is 5.04. The van der Waals surface area contributed by atoms with E-state index in [0.717, 1.165) is 13.1 Å². The Balaban J connectivity index is 1.97. The molecule has 1 aliphatic carbocycles. The molecular weight excluding hydrogens is 164 g/mol. The van der Waals surface area contributed by atoms with Crippen molar-refractivity contribution in [3.8, 4) is 0 Å². The van der Waals surface area contributed by atoms with Crippen molar-refractivity contribution < 1.29 is 5.11 Å². The molecule has 1 saturated heterocycles. The highest BCUT2D eigenvalue weighted by Gasteiger charge is 2.66. The summed E-state index contributed by atoms with van der Waals surface area (Å²) in [5, 5.41) is 9.12. The predicted molar refractivity (Wildman–Crippen MR) is 52.3 cm³/mol. The summed E-state index contributed by atoms with van der Waals surface area (Å²) in [6.45, 7) is 8.97. The predicted octanol–water partition coefficient (Wildman–Crippen LogP) is 0.0363. The largest absolute Gasteiger partial charge is 0.394 e. The number of aliphatic hydroxyl groups is 1. The molecule has 1 aliphatic heterocycles. The maximum absolute atomic E-state index is 9.12. The average molecular weight is 184 g/mol. The molecule has 0 spiro atoms. The zero-order chi connectivity index (χ0) is 9.85. The second-order valence-corrected chi connectivity index (χ2v) is 5.56. The van der Waals surface area contributed by atoms with Gasteiger partial charge in [0.25, 0.3) is 0 Å². The number of piperidine rings is 1. The molecule has 0 radical (unpaired) electrons. The highest BCUT2D eigenvalue weighted by molar-refractivity contribution is 5.21. The Morgan fingerprint density at radius 2 is 1.85 bits per heavy atom. The normalized spacial score (nSPS) is 45.0. The molecule has 0 aromatic heterocycles. The van der Waals surface area contributed by atoms with Gasteiger partial charge in [0, 0.05) is 24.2 Å².